The van der Waals surface area contributed by atoms with Gasteiger partial charge in [0.25, 0.3) is 0 Å². The molecule has 0 aliphatic rings. The third-order valence-corrected chi connectivity index (χ3v) is 3.36. The third-order valence-electron chi connectivity index (χ3n) is 3.04. The first-order valence-corrected chi connectivity index (χ1v) is 6.54. The van der Waals surface area contributed by atoms with Crippen LogP contribution < -0.4 is 0 Å². The van der Waals surface area contributed by atoms with E-state index in [0.717, 1.165) is 34.8 Å². The van der Waals surface area contributed by atoms with Crippen LogP contribution in [-0.2, 0) is 6.54 Å². The lowest BCUT2D eigenvalue weighted by Crippen LogP contribution is -2.01. The normalized spacial score (nSPS) is 11.5. The van der Waals surface area contributed by atoms with E-state index in [-0.39, 0.29) is 0 Å². The van der Waals surface area contributed by atoms with Crippen molar-refractivity contribution in [1.29, 1.82) is 0 Å². The topological polar surface area (TPSA) is 33.6 Å². The summed E-state index contributed by atoms with van der Waals surface area (Å²) in [7, 11) is 0. The molecule has 2 aromatic heterocycles. The molecular weight excluding hydrogens is 230 g/mol. The fourth-order valence-corrected chi connectivity index (χ4v) is 2.32. The minimum Gasteiger partial charge on any atom is -0.329 e. The van der Waals surface area contributed by atoms with Crippen LogP contribution in [0.2, 0.25) is 0 Å². The fourth-order valence-electron chi connectivity index (χ4n) is 2.04. The molecule has 0 unspecified atom stereocenters. The van der Waals surface area contributed by atoms with Gasteiger partial charge in [0.1, 0.15) is 0 Å². The van der Waals surface area contributed by atoms with Crippen LogP contribution in [0, 0.1) is 17.6 Å². The number of hydrogen-bond acceptors (Lipinski definition) is 2. The van der Waals surface area contributed by atoms with Gasteiger partial charge in [-0.1, -0.05) is 13.8 Å². The number of H-pyrrole nitrogens is 1. The van der Waals surface area contributed by atoms with E-state index in [4.69, 9.17) is 12.2 Å². The van der Waals surface area contributed by atoms with Gasteiger partial charge < -0.3 is 9.55 Å². The third kappa shape index (κ3) is 2.57. The number of aromatic amines is 1. The van der Waals surface area contributed by atoms with Crippen LogP contribution in [0.25, 0.3) is 11.2 Å². The van der Waals surface area contributed by atoms with Crippen molar-refractivity contribution in [1.82, 2.24) is 14.5 Å². The van der Waals surface area contributed by atoms with Gasteiger partial charge >= 0.3 is 0 Å². The lowest BCUT2D eigenvalue weighted by atomic mass is 10.1. The molecule has 0 spiro atoms. The van der Waals surface area contributed by atoms with Crippen LogP contribution in [-0.4, -0.2) is 14.5 Å². The summed E-state index contributed by atoms with van der Waals surface area (Å²) in [6.07, 6.45) is 4.22. The number of rotatable bonds is 4. The Bertz CT molecular complexity index is 566. The Balaban J connectivity index is 2.31. The van der Waals surface area contributed by atoms with E-state index in [0.29, 0.717) is 0 Å². The van der Waals surface area contributed by atoms with Crippen molar-refractivity contribution in [2.75, 3.05) is 0 Å². The number of aromatic nitrogens is 3. The predicted molar refractivity (Wildman–Crippen MR) is 73.7 cm³/mol. The Morgan fingerprint density at radius 2 is 2.24 bits per heavy atom. The number of nitrogens with one attached hydrogen (secondary N) is 1. The molecule has 2 aromatic rings. The van der Waals surface area contributed by atoms with E-state index in [9.17, 15) is 0 Å². The zero-order valence-electron chi connectivity index (χ0n) is 10.7. The lowest BCUT2D eigenvalue weighted by Gasteiger charge is -2.06. The predicted octanol–water partition coefficient (Wildman–Crippen LogP) is 3.84. The van der Waals surface area contributed by atoms with Crippen LogP contribution in [0.15, 0.2) is 12.3 Å². The molecule has 0 aliphatic heterocycles. The van der Waals surface area contributed by atoms with Gasteiger partial charge in [-0.15, -0.1) is 0 Å². The summed E-state index contributed by atoms with van der Waals surface area (Å²) in [6.45, 7) is 7.52. The van der Waals surface area contributed by atoms with Crippen LogP contribution in [0.3, 0.4) is 0 Å². The molecule has 0 atom stereocenters. The van der Waals surface area contributed by atoms with Crippen molar-refractivity contribution >= 4 is 23.4 Å². The van der Waals surface area contributed by atoms with Crippen molar-refractivity contribution < 1.29 is 0 Å². The van der Waals surface area contributed by atoms with E-state index < -0.39 is 0 Å². The molecule has 0 aromatic carbocycles. The van der Waals surface area contributed by atoms with Gasteiger partial charge in [-0.05, 0) is 49.5 Å². The second-order valence-electron chi connectivity index (χ2n) is 4.94. The van der Waals surface area contributed by atoms with E-state index in [1.165, 1.54) is 12.0 Å². The van der Waals surface area contributed by atoms with Crippen LogP contribution in [0.5, 0.6) is 0 Å². The van der Waals surface area contributed by atoms with Gasteiger partial charge in [0.15, 0.2) is 10.4 Å². The highest BCUT2D eigenvalue weighted by Crippen LogP contribution is 2.16. The maximum absolute atomic E-state index is 5.36. The molecule has 0 saturated heterocycles. The SMILES string of the molecule is Cc1ccnc2c1[nH]c(=S)n2CCCC(C)C. The van der Waals surface area contributed by atoms with Crippen molar-refractivity contribution in [3.05, 3.63) is 22.6 Å². The number of pyridine rings is 1. The van der Waals surface area contributed by atoms with Gasteiger partial charge in [-0.2, -0.15) is 0 Å². The summed E-state index contributed by atoms with van der Waals surface area (Å²) in [4.78, 5) is 7.67. The highest BCUT2D eigenvalue weighted by Gasteiger charge is 2.07. The average Bonchev–Trinajstić information content (AvgIpc) is 2.57. The number of imidazole rings is 1. The Morgan fingerprint density at radius 1 is 1.47 bits per heavy atom. The molecule has 2 heterocycles. The molecule has 0 aliphatic carbocycles. The van der Waals surface area contributed by atoms with E-state index in [1.54, 1.807) is 0 Å². The second-order valence-corrected chi connectivity index (χ2v) is 5.33. The minimum atomic E-state index is 0.740. The van der Waals surface area contributed by atoms with Crippen LogP contribution >= 0.6 is 12.2 Å². The Labute approximate surface area is 107 Å². The van der Waals surface area contributed by atoms with Gasteiger partial charge in [0.2, 0.25) is 0 Å². The van der Waals surface area contributed by atoms with Crippen molar-refractivity contribution in [2.24, 2.45) is 5.92 Å². The summed E-state index contributed by atoms with van der Waals surface area (Å²) in [5.41, 5.74) is 3.25. The first kappa shape index (κ1) is 12.3. The van der Waals surface area contributed by atoms with Crippen molar-refractivity contribution in [2.45, 2.75) is 40.2 Å². The molecule has 4 heteroatoms. The Morgan fingerprint density at radius 3 is 2.94 bits per heavy atom. The molecule has 92 valence electrons. The van der Waals surface area contributed by atoms with Gasteiger partial charge in [0.05, 0.1) is 5.52 Å². The first-order valence-electron chi connectivity index (χ1n) is 6.13. The van der Waals surface area contributed by atoms with E-state index in [1.807, 2.05) is 12.3 Å². The highest BCUT2D eigenvalue weighted by atomic mass is 32.1. The minimum absolute atomic E-state index is 0.740. The molecule has 0 bridgehead atoms. The molecule has 0 fully saturated rings. The number of fused-ring (bicyclic) bond motifs is 1. The molecule has 0 saturated carbocycles. The molecule has 0 radical (unpaired) electrons. The number of nitrogens with zero attached hydrogens (tertiary/aromatic N) is 2. The van der Waals surface area contributed by atoms with E-state index in [2.05, 4.69) is 35.3 Å². The number of aryl methyl sites for hydroxylation is 2. The maximum atomic E-state index is 5.36. The molecular formula is C13H19N3S. The Kier molecular flexibility index (Phi) is 3.62. The molecule has 17 heavy (non-hydrogen) atoms. The Hall–Kier alpha value is -1.16. The van der Waals surface area contributed by atoms with Crippen molar-refractivity contribution in [3.63, 3.8) is 0 Å². The van der Waals surface area contributed by atoms with Crippen molar-refractivity contribution in [3.8, 4) is 0 Å². The summed E-state index contributed by atoms with van der Waals surface area (Å²) in [5, 5.41) is 0. The summed E-state index contributed by atoms with van der Waals surface area (Å²) >= 11 is 5.36. The molecule has 1 N–H and O–H groups in total. The summed E-state index contributed by atoms with van der Waals surface area (Å²) in [5.74, 6) is 0.740. The van der Waals surface area contributed by atoms with Crippen LogP contribution in [0.1, 0.15) is 32.3 Å². The largest absolute Gasteiger partial charge is 0.329 e. The quantitative estimate of drug-likeness (QED) is 0.835. The van der Waals surface area contributed by atoms with Gasteiger partial charge in [0, 0.05) is 12.7 Å². The summed E-state index contributed by atoms with van der Waals surface area (Å²) < 4.78 is 2.89. The zero-order chi connectivity index (χ0) is 12.4. The monoisotopic (exact) mass is 249 g/mol. The zero-order valence-corrected chi connectivity index (χ0v) is 11.5. The fraction of sp³-hybridized carbons (Fsp3) is 0.538. The first-order chi connectivity index (χ1) is 8.09. The average molecular weight is 249 g/mol. The second kappa shape index (κ2) is 5.00. The standard InChI is InChI=1S/C13H19N3S/c1-9(2)5-4-8-16-12-11(15-13(16)17)10(3)6-7-14-12/h6-7,9H,4-5,8H2,1-3H3,(H,15,17). The highest BCUT2D eigenvalue weighted by molar-refractivity contribution is 7.71. The molecule has 3 nitrogen and oxygen atoms in total. The number of hydrogen-bond donors (Lipinski definition) is 1. The molecule has 2 rings (SSSR count). The summed E-state index contributed by atoms with van der Waals surface area (Å²) in [6, 6.07) is 2.01. The molecule has 0 amide bonds. The van der Waals surface area contributed by atoms with E-state index >= 15 is 0 Å². The van der Waals surface area contributed by atoms with Crippen LogP contribution in [0.4, 0.5) is 0 Å². The maximum Gasteiger partial charge on any atom is 0.179 e. The van der Waals surface area contributed by atoms with Gasteiger partial charge in [-0.3, -0.25) is 0 Å². The lowest BCUT2D eigenvalue weighted by molar-refractivity contribution is 0.513. The smallest absolute Gasteiger partial charge is 0.179 e. The van der Waals surface area contributed by atoms with Gasteiger partial charge in [-0.25, -0.2) is 4.98 Å².